The molecule has 1 saturated heterocycles. The predicted molar refractivity (Wildman–Crippen MR) is 110 cm³/mol. The molecule has 1 N–H and O–H groups in total. The number of likely N-dealkylation sites (tertiary alicyclic amines) is 1. The molecule has 1 unspecified atom stereocenters. The number of ether oxygens (including phenoxy) is 1. The highest BCUT2D eigenvalue weighted by atomic mass is 35.5. The minimum Gasteiger partial charge on any atom is -0.497 e. The fourth-order valence-corrected chi connectivity index (χ4v) is 3.80. The molecule has 0 radical (unpaired) electrons. The van der Waals surface area contributed by atoms with Gasteiger partial charge in [0.15, 0.2) is 0 Å². The van der Waals surface area contributed by atoms with E-state index in [-0.39, 0.29) is 11.8 Å². The average Bonchev–Trinajstić information content (AvgIpc) is 2.72. The number of nitrogens with zero attached hydrogens (tertiary/aromatic N) is 1. The van der Waals surface area contributed by atoms with E-state index in [4.69, 9.17) is 16.3 Å². The Kier molecular flexibility index (Phi) is 6.25. The van der Waals surface area contributed by atoms with Gasteiger partial charge in [0.25, 0.3) is 5.91 Å². The highest BCUT2D eigenvalue weighted by Gasteiger charge is 2.39. The molecule has 1 aliphatic heterocycles. The molecule has 0 aromatic heterocycles. The van der Waals surface area contributed by atoms with Crippen LogP contribution < -0.4 is 10.1 Å². The molecule has 148 valence electrons. The van der Waals surface area contributed by atoms with Crippen molar-refractivity contribution in [2.75, 3.05) is 20.2 Å². The van der Waals surface area contributed by atoms with Crippen LogP contribution in [0.1, 0.15) is 35.7 Å². The monoisotopic (exact) mass is 400 g/mol. The molecule has 0 aliphatic carbocycles. The lowest BCUT2D eigenvalue weighted by Crippen LogP contribution is -2.51. The zero-order valence-corrected chi connectivity index (χ0v) is 17.0. The topological polar surface area (TPSA) is 58.6 Å². The van der Waals surface area contributed by atoms with Gasteiger partial charge in [0.2, 0.25) is 5.91 Å². The second-order valence-electron chi connectivity index (χ2n) is 7.40. The van der Waals surface area contributed by atoms with Crippen molar-refractivity contribution in [2.45, 2.75) is 26.3 Å². The second kappa shape index (κ2) is 8.65. The number of piperidine rings is 1. The minimum absolute atomic E-state index is 0.0491. The molecule has 1 aliphatic rings. The Balaban J connectivity index is 1.66. The summed E-state index contributed by atoms with van der Waals surface area (Å²) in [4.78, 5) is 27.5. The molecular formula is C22H25ClN2O3. The summed E-state index contributed by atoms with van der Waals surface area (Å²) in [7, 11) is 1.62. The van der Waals surface area contributed by atoms with Crippen LogP contribution in [0.15, 0.2) is 48.5 Å². The van der Waals surface area contributed by atoms with Gasteiger partial charge in [-0.15, -0.1) is 0 Å². The van der Waals surface area contributed by atoms with E-state index in [1.54, 1.807) is 36.3 Å². The number of hydrogen-bond donors (Lipinski definition) is 1. The number of halogens is 1. The van der Waals surface area contributed by atoms with E-state index in [1.807, 2.05) is 31.2 Å². The van der Waals surface area contributed by atoms with Crippen LogP contribution in [0.4, 0.5) is 0 Å². The van der Waals surface area contributed by atoms with Crippen molar-refractivity contribution in [3.63, 3.8) is 0 Å². The van der Waals surface area contributed by atoms with E-state index in [2.05, 4.69) is 5.32 Å². The minimum atomic E-state index is -0.631. The molecule has 1 atom stereocenters. The molecule has 1 heterocycles. The van der Waals surface area contributed by atoms with Gasteiger partial charge >= 0.3 is 0 Å². The summed E-state index contributed by atoms with van der Waals surface area (Å²) in [6.07, 6.45) is 1.52. The summed E-state index contributed by atoms with van der Waals surface area (Å²) in [5.74, 6) is 0.580. The SMILES string of the molecule is COc1cccc(CNC(=O)C2(C)CCCN(C(=O)c3ccccc3Cl)C2)c1. The molecule has 6 heteroatoms. The number of carbonyl (C=O) groups is 2. The largest absolute Gasteiger partial charge is 0.497 e. The summed E-state index contributed by atoms with van der Waals surface area (Å²) in [5, 5.41) is 3.45. The third kappa shape index (κ3) is 4.47. The zero-order valence-electron chi connectivity index (χ0n) is 16.2. The maximum absolute atomic E-state index is 12.9. The van der Waals surface area contributed by atoms with Crippen LogP contribution in [-0.4, -0.2) is 36.9 Å². The molecular weight excluding hydrogens is 376 g/mol. The van der Waals surface area contributed by atoms with Crippen molar-refractivity contribution < 1.29 is 14.3 Å². The van der Waals surface area contributed by atoms with Crippen molar-refractivity contribution in [1.29, 1.82) is 0 Å². The lowest BCUT2D eigenvalue weighted by Gasteiger charge is -2.39. The normalized spacial score (nSPS) is 19.2. The molecule has 2 amide bonds. The maximum Gasteiger partial charge on any atom is 0.255 e. The van der Waals surface area contributed by atoms with E-state index in [0.29, 0.717) is 30.2 Å². The Morgan fingerprint density at radius 2 is 2.00 bits per heavy atom. The first-order chi connectivity index (χ1) is 13.4. The van der Waals surface area contributed by atoms with E-state index >= 15 is 0 Å². The number of methoxy groups -OCH3 is 1. The first-order valence-electron chi connectivity index (χ1n) is 9.38. The number of carbonyl (C=O) groups excluding carboxylic acids is 2. The summed E-state index contributed by atoms with van der Waals surface area (Å²) in [6, 6.07) is 14.6. The Morgan fingerprint density at radius 1 is 1.21 bits per heavy atom. The van der Waals surface area contributed by atoms with E-state index in [1.165, 1.54) is 0 Å². The van der Waals surface area contributed by atoms with Gasteiger partial charge in [-0.2, -0.15) is 0 Å². The van der Waals surface area contributed by atoms with E-state index < -0.39 is 5.41 Å². The van der Waals surface area contributed by atoms with Crippen LogP contribution in [0.3, 0.4) is 0 Å². The Bertz CT molecular complexity index is 870. The Morgan fingerprint density at radius 3 is 2.75 bits per heavy atom. The number of benzene rings is 2. The van der Waals surface area contributed by atoms with E-state index in [0.717, 1.165) is 24.2 Å². The number of rotatable bonds is 5. The number of hydrogen-bond acceptors (Lipinski definition) is 3. The highest BCUT2D eigenvalue weighted by molar-refractivity contribution is 6.33. The summed E-state index contributed by atoms with van der Waals surface area (Å²) < 4.78 is 5.22. The number of nitrogens with one attached hydrogen (secondary N) is 1. The quantitative estimate of drug-likeness (QED) is 0.827. The smallest absolute Gasteiger partial charge is 0.255 e. The van der Waals surface area contributed by atoms with Gasteiger partial charge in [0.1, 0.15) is 5.75 Å². The first-order valence-corrected chi connectivity index (χ1v) is 9.76. The first kappa shape index (κ1) is 20.2. The van der Waals surface area contributed by atoms with Crippen LogP contribution in [0.25, 0.3) is 0 Å². The van der Waals surface area contributed by atoms with E-state index in [9.17, 15) is 9.59 Å². The van der Waals surface area contributed by atoms with Gasteiger partial charge in [-0.25, -0.2) is 0 Å². The van der Waals surface area contributed by atoms with Crippen molar-refractivity contribution in [2.24, 2.45) is 5.41 Å². The van der Waals surface area contributed by atoms with Crippen molar-refractivity contribution in [3.8, 4) is 5.75 Å². The molecule has 5 nitrogen and oxygen atoms in total. The van der Waals surface area contributed by atoms with Gasteiger partial charge in [0, 0.05) is 19.6 Å². The molecule has 28 heavy (non-hydrogen) atoms. The molecule has 0 saturated carbocycles. The van der Waals surface area contributed by atoms with Gasteiger partial charge in [-0.1, -0.05) is 35.9 Å². The average molecular weight is 401 g/mol. The van der Waals surface area contributed by atoms with Crippen LogP contribution in [0.5, 0.6) is 5.75 Å². The molecule has 1 fully saturated rings. The number of amides is 2. The Labute approximate surface area is 170 Å². The van der Waals surface area contributed by atoms with Crippen molar-refractivity contribution in [1.82, 2.24) is 10.2 Å². The highest BCUT2D eigenvalue weighted by Crippen LogP contribution is 2.31. The van der Waals surface area contributed by atoms with Crippen LogP contribution in [0, 0.1) is 5.41 Å². The summed E-state index contributed by atoms with van der Waals surface area (Å²) in [5.41, 5.74) is 0.815. The molecule has 0 bridgehead atoms. The molecule has 2 aromatic rings. The second-order valence-corrected chi connectivity index (χ2v) is 7.81. The molecule has 2 aromatic carbocycles. The van der Waals surface area contributed by atoms with Crippen LogP contribution >= 0.6 is 11.6 Å². The Hall–Kier alpha value is -2.53. The van der Waals surface area contributed by atoms with Crippen molar-refractivity contribution in [3.05, 3.63) is 64.7 Å². The fourth-order valence-electron chi connectivity index (χ4n) is 3.58. The van der Waals surface area contributed by atoms with Crippen LogP contribution in [-0.2, 0) is 11.3 Å². The zero-order chi connectivity index (χ0) is 20.1. The summed E-state index contributed by atoms with van der Waals surface area (Å²) >= 11 is 6.18. The lowest BCUT2D eigenvalue weighted by molar-refractivity contribution is -0.132. The third-order valence-electron chi connectivity index (χ3n) is 5.22. The van der Waals surface area contributed by atoms with Crippen LogP contribution in [0.2, 0.25) is 5.02 Å². The predicted octanol–water partition coefficient (Wildman–Crippen LogP) is 3.91. The maximum atomic E-state index is 12.9. The van der Waals surface area contributed by atoms with Gasteiger partial charge in [-0.3, -0.25) is 9.59 Å². The van der Waals surface area contributed by atoms with Crippen molar-refractivity contribution >= 4 is 23.4 Å². The molecule has 0 spiro atoms. The fraction of sp³-hybridized carbons (Fsp3) is 0.364. The summed E-state index contributed by atoms with van der Waals surface area (Å²) in [6.45, 7) is 3.34. The van der Waals surface area contributed by atoms with Gasteiger partial charge in [-0.05, 0) is 49.6 Å². The standard InChI is InChI=1S/C22H25ClN2O3/c1-22(21(27)24-14-16-7-5-8-17(13-16)28-2)11-6-12-25(15-22)20(26)18-9-3-4-10-19(18)23/h3-5,7-10,13H,6,11-12,14-15H2,1-2H3,(H,24,27). The molecule has 3 rings (SSSR count). The van der Waals surface area contributed by atoms with Gasteiger partial charge in [0.05, 0.1) is 23.1 Å². The third-order valence-corrected chi connectivity index (χ3v) is 5.55. The lowest BCUT2D eigenvalue weighted by atomic mass is 9.80. The van der Waals surface area contributed by atoms with Gasteiger partial charge < -0.3 is 15.0 Å².